The number of aliphatic hydroxyl groups excluding tert-OH is 1. The number of hydrogen-bond acceptors (Lipinski definition) is 20. The number of rotatable bonds is 18. The van der Waals surface area contributed by atoms with Crippen LogP contribution in [0, 0.1) is 18.7 Å². The third-order valence-electron chi connectivity index (χ3n) is 19.6. The average Bonchev–Trinajstić information content (AvgIpc) is 1.12. The van der Waals surface area contributed by atoms with E-state index in [1.165, 1.54) is 12.0 Å². The second-order valence-electron chi connectivity index (χ2n) is 27.3. The van der Waals surface area contributed by atoms with Crippen LogP contribution < -0.4 is 24.6 Å². The Balaban J connectivity index is 0.649. The van der Waals surface area contributed by atoms with Gasteiger partial charge in [-0.25, -0.2) is 19.0 Å². The molecule has 7 aromatic rings. The number of anilines is 2. The predicted molar refractivity (Wildman–Crippen MR) is 351 cm³/mol. The van der Waals surface area contributed by atoms with E-state index in [2.05, 4.69) is 25.3 Å². The van der Waals surface area contributed by atoms with Crippen LogP contribution in [0.2, 0.25) is 0 Å². The molecule has 6 saturated heterocycles. The predicted octanol–water partition coefficient (Wildman–Crippen LogP) is 9.89. The third kappa shape index (κ3) is 12.9. The van der Waals surface area contributed by atoms with Crippen molar-refractivity contribution in [2.75, 3.05) is 89.3 Å². The number of halogens is 1. The molecule has 0 spiro atoms. The van der Waals surface area contributed by atoms with Gasteiger partial charge < -0.3 is 58.2 Å². The van der Waals surface area contributed by atoms with Crippen molar-refractivity contribution in [1.82, 2.24) is 50.0 Å². The van der Waals surface area contributed by atoms with Gasteiger partial charge in [-0.2, -0.15) is 9.97 Å². The number of β-amino-alcohol motifs (C(OH)–C–C–N with tert-alkyl or cyclic N) is 1. The largest absolute Gasteiger partial charge is 0.468 e. The lowest BCUT2D eigenvalue weighted by atomic mass is 9.91. The first-order valence-corrected chi connectivity index (χ1v) is 33.7. The molecule has 4 aromatic heterocycles. The SMILES string of the molecule is COCOc1cc(-c2ncc3c(N4CC5CCC(C4)N5C(=O)OC(C)(C)C)nc(OC[C@]45CCCN4[C@@H](COC(=O)N4CCN(c6cc([C@H](C(=O)N7C[C@H](O)C[C@H]7C(=O)N[C@@H](C)c7ccc(-c8scnc8C)cc7)C(C)C)on6)CC4)CC5)nc3c2F)c2ccccc2c1. The number of fused-ring (bicyclic) bond motifs is 5. The van der Waals surface area contributed by atoms with Gasteiger partial charge in [-0.15, -0.1) is 11.3 Å². The highest BCUT2D eigenvalue weighted by atomic mass is 32.1. The number of thiazole rings is 1. The Morgan fingerprint density at radius 3 is 2.36 bits per heavy atom. The summed E-state index contributed by atoms with van der Waals surface area (Å²) in [6, 6.07) is 19.5. The topological polar surface area (TPSA) is 244 Å². The first-order valence-electron chi connectivity index (χ1n) is 32.8. The zero-order chi connectivity index (χ0) is 65.7. The fraction of sp³-hybridized carbons (Fsp3) is 0.522. The highest BCUT2D eigenvalue weighted by Gasteiger charge is 2.51. The Bertz CT molecular complexity index is 3940. The van der Waals surface area contributed by atoms with E-state index in [-0.39, 0.29) is 98.2 Å². The van der Waals surface area contributed by atoms with Crippen LogP contribution in [0.5, 0.6) is 11.8 Å². The maximum atomic E-state index is 17.7. The molecule has 2 N–H and O–H groups in total. The van der Waals surface area contributed by atoms with Crippen molar-refractivity contribution >= 4 is 68.6 Å². The van der Waals surface area contributed by atoms with Crippen molar-refractivity contribution in [3.63, 3.8) is 0 Å². The van der Waals surface area contributed by atoms with Gasteiger partial charge in [-0.1, -0.05) is 67.5 Å². The Morgan fingerprint density at radius 2 is 1.64 bits per heavy atom. The molecular weight excluding hydrogens is 1220 g/mol. The van der Waals surface area contributed by atoms with Crippen molar-refractivity contribution in [3.8, 4) is 33.5 Å². The van der Waals surface area contributed by atoms with E-state index in [1.807, 2.05) is 118 Å². The summed E-state index contributed by atoms with van der Waals surface area (Å²) in [4.78, 5) is 87.5. The Hall–Kier alpha value is -8.26. The van der Waals surface area contributed by atoms with Gasteiger partial charge in [0.1, 0.15) is 53.6 Å². The number of amides is 4. The van der Waals surface area contributed by atoms with E-state index in [1.54, 1.807) is 34.6 Å². The van der Waals surface area contributed by atoms with Crippen LogP contribution in [0.1, 0.15) is 115 Å². The van der Waals surface area contributed by atoms with E-state index in [0.717, 1.165) is 77.5 Å². The van der Waals surface area contributed by atoms with Crippen molar-refractivity contribution < 1.29 is 56.9 Å². The minimum absolute atomic E-state index is 0.00441. The van der Waals surface area contributed by atoms with E-state index in [4.69, 9.17) is 43.2 Å². The summed E-state index contributed by atoms with van der Waals surface area (Å²) in [6.07, 6.45) is 4.99. The van der Waals surface area contributed by atoms with E-state index in [0.29, 0.717) is 73.4 Å². The lowest BCUT2D eigenvalue weighted by Crippen LogP contribution is -2.57. The lowest BCUT2D eigenvalue weighted by molar-refractivity contribution is -0.141. The molecule has 498 valence electrons. The summed E-state index contributed by atoms with van der Waals surface area (Å²) in [7, 11) is 1.54. The van der Waals surface area contributed by atoms with Crippen LogP contribution >= 0.6 is 11.3 Å². The molecule has 0 saturated carbocycles. The number of nitrogens with zero attached hydrogens (tertiary/aromatic N) is 11. The van der Waals surface area contributed by atoms with Crippen LogP contribution in [0.3, 0.4) is 0 Å². The summed E-state index contributed by atoms with van der Waals surface area (Å²) in [5, 5.41) is 20.4. The van der Waals surface area contributed by atoms with Crippen LogP contribution in [0.15, 0.2) is 83.0 Å². The number of aryl methyl sites for hydroxylation is 1. The van der Waals surface area contributed by atoms with E-state index < -0.39 is 41.1 Å². The second-order valence-corrected chi connectivity index (χ2v) is 28.2. The van der Waals surface area contributed by atoms with Gasteiger partial charge in [0, 0.05) is 83.2 Å². The molecule has 13 rings (SSSR count). The van der Waals surface area contributed by atoms with Crippen molar-refractivity contribution in [1.29, 1.82) is 0 Å². The Kier molecular flexibility index (Phi) is 18.2. The summed E-state index contributed by atoms with van der Waals surface area (Å²) in [5.41, 5.74) is 4.35. The Labute approximate surface area is 549 Å². The van der Waals surface area contributed by atoms with Gasteiger partial charge in [0.15, 0.2) is 24.2 Å². The van der Waals surface area contributed by atoms with Gasteiger partial charge in [0.25, 0.3) is 0 Å². The third-order valence-corrected chi connectivity index (χ3v) is 20.6. The van der Waals surface area contributed by atoms with Gasteiger partial charge in [0.05, 0.1) is 51.2 Å². The number of ether oxygens (including phenoxy) is 5. The number of nitrogens with one attached hydrogen (secondary N) is 1. The molecule has 6 aliphatic rings. The monoisotopic (exact) mass is 1310 g/mol. The maximum Gasteiger partial charge on any atom is 0.410 e. The standard InChI is InChI=1S/C69H83FN12O11S/c1-40(2)57(64(85)80-35-49(83)29-54(80)63(84)73-41(3)43-14-16-44(17-15-43)61-42(4)72-38-94-61)55-31-56(76-93-55)77-24-26-78(27-25-77)66(86)89-36-48-20-22-69(21-11-23-81(48)69)37-90-65-74-60-53(62(75-65)79-33-46-18-19-47(34-79)82(46)67(87)92-68(5,6)7)32-71-59(58(60)70)52-30-50(91-39-88-8)28-45-12-9-10-13-51(45)52/h9-10,12-17,28,30-32,38,40-41,46-49,54,57,83H,11,18-27,29,33-37,39H2,1-8H3,(H,73,84)/t41-,46?,47?,48+,49+,54-,57+,69+/m0/s1. The molecule has 6 fully saturated rings. The van der Waals surface area contributed by atoms with Gasteiger partial charge >= 0.3 is 18.2 Å². The quantitative estimate of drug-likeness (QED) is 0.0759. The smallest absolute Gasteiger partial charge is 0.410 e. The molecular formula is C69H83FN12O11S. The molecule has 2 unspecified atom stereocenters. The minimum atomic E-state index is -0.876. The second kappa shape index (κ2) is 26.5. The maximum absolute atomic E-state index is 17.7. The number of methoxy groups -OCH3 is 1. The zero-order valence-electron chi connectivity index (χ0n) is 54.6. The molecule has 0 aliphatic carbocycles. The number of piperazine rings is 2. The molecule has 2 bridgehead atoms. The molecule has 10 heterocycles. The number of aliphatic hydroxyl groups is 1. The van der Waals surface area contributed by atoms with Crippen LogP contribution in [-0.4, -0.2) is 195 Å². The molecule has 6 aliphatic heterocycles. The van der Waals surface area contributed by atoms with Crippen molar-refractivity contribution in [2.45, 2.75) is 147 Å². The van der Waals surface area contributed by atoms with Crippen LogP contribution in [0.4, 0.5) is 25.6 Å². The van der Waals surface area contributed by atoms with E-state index in [9.17, 15) is 24.3 Å². The van der Waals surface area contributed by atoms with Crippen molar-refractivity contribution in [3.05, 3.63) is 101 Å². The fourth-order valence-corrected chi connectivity index (χ4v) is 15.8. The number of likely N-dealkylation sites (tertiary alicyclic amines) is 1. The molecule has 3 aromatic carbocycles. The van der Waals surface area contributed by atoms with Crippen LogP contribution in [0.25, 0.3) is 43.4 Å². The molecule has 94 heavy (non-hydrogen) atoms. The van der Waals surface area contributed by atoms with Gasteiger partial charge in [0.2, 0.25) is 11.8 Å². The number of aromatic nitrogens is 5. The summed E-state index contributed by atoms with van der Waals surface area (Å²) in [6.45, 7) is 17.0. The van der Waals surface area contributed by atoms with Crippen molar-refractivity contribution in [2.24, 2.45) is 5.92 Å². The average molecular weight is 1310 g/mol. The number of carbonyl (C=O) groups is 4. The molecule has 0 radical (unpaired) electrons. The molecule has 25 heteroatoms. The highest BCUT2D eigenvalue weighted by Crippen LogP contribution is 2.45. The first-order chi connectivity index (χ1) is 45.2. The summed E-state index contributed by atoms with van der Waals surface area (Å²) < 4.78 is 53.4. The fourth-order valence-electron chi connectivity index (χ4n) is 14.9. The zero-order valence-corrected chi connectivity index (χ0v) is 55.4. The van der Waals surface area contributed by atoms with Gasteiger partial charge in [-0.05, 0) is 120 Å². The van der Waals surface area contributed by atoms with Crippen LogP contribution in [-0.2, 0) is 23.8 Å². The molecule has 8 atom stereocenters. The van der Waals surface area contributed by atoms with E-state index >= 15 is 4.39 Å². The van der Waals surface area contributed by atoms with Gasteiger partial charge in [-0.3, -0.25) is 24.4 Å². The minimum Gasteiger partial charge on any atom is -0.468 e. The number of hydrogen-bond donors (Lipinski definition) is 2. The summed E-state index contributed by atoms with van der Waals surface area (Å²) in [5.74, 6) is -0.447. The molecule has 23 nitrogen and oxygen atoms in total. The highest BCUT2D eigenvalue weighted by molar-refractivity contribution is 7.13. The number of benzene rings is 3. The lowest BCUT2D eigenvalue weighted by Gasteiger charge is -2.42. The number of carbonyl (C=O) groups excluding carboxylic acids is 4. The number of pyridine rings is 1. The summed E-state index contributed by atoms with van der Waals surface area (Å²) >= 11 is 1.58. The normalized spacial score (nSPS) is 22.9. The first kappa shape index (κ1) is 64.4. The molecule has 4 amide bonds. The Morgan fingerprint density at radius 1 is 0.872 bits per heavy atom.